The maximum Gasteiger partial charge on any atom is 0.258 e. The molecule has 1 aliphatic carbocycles. The van der Waals surface area contributed by atoms with E-state index < -0.39 is 5.82 Å². The van der Waals surface area contributed by atoms with Gasteiger partial charge in [0.2, 0.25) is 11.8 Å². The van der Waals surface area contributed by atoms with Gasteiger partial charge in [-0.3, -0.25) is 14.4 Å². The second kappa shape index (κ2) is 9.72. The third kappa shape index (κ3) is 5.38. The number of para-hydroxylation sites is 1. The quantitative estimate of drug-likeness (QED) is 0.551. The summed E-state index contributed by atoms with van der Waals surface area (Å²) in [5.41, 5.74) is 0.855. The topological polar surface area (TPSA) is 104 Å². The number of H-pyrrole nitrogens is 1. The molecule has 166 valence electrons. The fourth-order valence-corrected chi connectivity index (χ4v) is 4.10. The second-order valence-corrected chi connectivity index (χ2v) is 8.15. The summed E-state index contributed by atoms with van der Waals surface area (Å²) in [6.45, 7) is 0. The first-order valence-corrected chi connectivity index (χ1v) is 10.8. The summed E-state index contributed by atoms with van der Waals surface area (Å²) in [4.78, 5) is 44.1. The number of rotatable bonds is 6. The van der Waals surface area contributed by atoms with Gasteiger partial charge in [-0.05, 0) is 56.0 Å². The van der Waals surface area contributed by atoms with Crippen molar-refractivity contribution in [3.05, 3.63) is 70.5 Å². The Balaban J connectivity index is 1.23. The zero-order valence-electron chi connectivity index (χ0n) is 17.6. The number of hydrogen-bond donors (Lipinski definition) is 3. The highest BCUT2D eigenvalue weighted by Crippen LogP contribution is 2.26. The number of aryl methyl sites for hydroxylation is 1. The maximum atomic E-state index is 13.3. The van der Waals surface area contributed by atoms with E-state index in [1.807, 2.05) is 6.07 Å². The van der Waals surface area contributed by atoms with Crippen molar-refractivity contribution in [2.45, 2.75) is 44.6 Å². The van der Waals surface area contributed by atoms with E-state index in [-0.39, 0.29) is 35.8 Å². The van der Waals surface area contributed by atoms with Crippen molar-refractivity contribution >= 4 is 28.4 Å². The number of nitrogens with zero attached hydrogens (tertiary/aromatic N) is 1. The molecule has 3 aromatic rings. The van der Waals surface area contributed by atoms with E-state index in [1.165, 1.54) is 12.1 Å². The molecular weight excluding hydrogens is 411 g/mol. The first-order valence-electron chi connectivity index (χ1n) is 10.8. The van der Waals surface area contributed by atoms with Crippen molar-refractivity contribution in [1.29, 1.82) is 0 Å². The Labute approximate surface area is 184 Å². The summed E-state index contributed by atoms with van der Waals surface area (Å²) in [5.74, 6) is -0.280. The molecule has 7 nitrogen and oxygen atoms in total. The van der Waals surface area contributed by atoms with Gasteiger partial charge in [0, 0.05) is 30.5 Å². The fourth-order valence-electron chi connectivity index (χ4n) is 4.10. The lowest BCUT2D eigenvalue weighted by atomic mass is 9.85. The minimum absolute atomic E-state index is 0.0179. The summed E-state index contributed by atoms with van der Waals surface area (Å²) in [7, 11) is 0. The highest BCUT2D eigenvalue weighted by molar-refractivity contribution is 5.92. The van der Waals surface area contributed by atoms with E-state index in [1.54, 1.807) is 30.3 Å². The number of nitrogens with one attached hydrogen (secondary N) is 3. The molecule has 0 unspecified atom stereocenters. The molecular formula is C24H25FN4O3. The molecule has 3 N–H and O–H groups in total. The van der Waals surface area contributed by atoms with E-state index in [0.29, 0.717) is 54.5 Å². The molecule has 8 heteroatoms. The second-order valence-electron chi connectivity index (χ2n) is 8.15. The van der Waals surface area contributed by atoms with Crippen LogP contribution in [0.5, 0.6) is 0 Å². The maximum absolute atomic E-state index is 13.3. The number of aromatic nitrogens is 2. The van der Waals surface area contributed by atoms with Gasteiger partial charge < -0.3 is 15.6 Å². The van der Waals surface area contributed by atoms with Crippen LogP contribution in [0.15, 0.2) is 53.3 Å². The number of benzene rings is 2. The highest BCUT2D eigenvalue weighted by atomic mass is 19.1. The van der Waals surface area contributed by atoms with Gasteiger partial charge in [0.05, 0.1) is 10.9 Å². The van der Waals surface area contributed by atoms with E-state index >= 15 is 0 Å². The van der Waals surface area contributed by atoms with Gasteiger partial charge in [-0.25, -0.2) is 9.37 Å². The van der Waals surface area contributed by atoms with Crippen LogP contribution in [0.1, 0.15) is 37.9 Å². The molecule has 1 fully saturated rings. The Morgan fingerprint density at radius 2 is 1.84 bits per heavy atom. The number of anilines is 1. The van der Waals surface area contributed by atoms with Crippen molar-refractivity contribution < 1.29 is 14.0 Å². The van der Waals surface area contributed by atoms with Crippen molar-refractivity contribution in [1.82, 2.24) is 15.3 Å². The van der Waals surface area contributed by atoms with Crippen molar-refractivity contribution in [3.63, 3.8) is 0 Å². The summed E-state index contributed by atoms with van der Waals surface area (Å²) in [5, 5.41) is 6.31. The van der Waals surface area contributed by atoms with E-state index in [0.717, 1.165) is 0 Å². The Hall–Kier alpha value is -3.55. The summed E-state index contributed by atoms with van der Waals surface area (Å²) >= 11 is 0. The number of hydrogen-bond acceptors (Lipinski definition) is 4. The molecule has 0 saturated heterocycles. The Morgan fingerprint density at radius 3 is 2.62 bits per heavy atom. The summed E-state index contributed by atoms with van der Waals surface area (Å²) in [6.07, 6.45) is 3.30. The number of aromatic amines is 1. The van der Waals surface area contributed by atoms with Gasteiger partial charge in [0.15, 0.2) is 0 Å². The number of amides is 2. The molecule has 4 rings (SSSR count). The third-order valence-corrected chi connectivity index (χ3v) is 5.81. The van der Waals surface area contributed by atoms with Crippen LogP contribution in [0, 0.1) is 11.7 Å². The average molecular weight is 436 g/mol. The molecule has 32 heavy (non-hydrogen) atoms. The van der Waals surface area contributed by atoms with E-state index in [4.69, 9.17) is 0 Å². The first kappa shape index (κ1) is 21.7. The first-order chi connectivity index (χ1) is 15.5. The molecule has 1 aliphatic rings. The molecule has 2 amide bonds. The van der Waals surface area contributed by atoms with Crippen LogP contribution >= 0.6 is 0 Å². The van der Waals surface area contributed by atoms with Gasteiger partial charge in [0.25, 0.3) is 5.56 Å². The normalized spacial score (nSPS) is 18.3. The average Bonchev–Trinajstić information content (AvgIpc) is 2.78. The van der Waals surface area contributed by atoms with Crippen LogP contribution in [-0.4, -0.2) is 27.8 Å². The monoisotopic (exact) mass is 436 g/mol. The largest absolute Gasteiger partial charge is 0.353 e. The Morgan fingerprint density at radius 1 is 1.06 bits per heavy atom. The SMILES string of the molecule is O=C(CCc1nc2ccccc2c(=O)[nH]1)N[C@H]1CC[C@H](C(=O)Nc2cccc(F)c2)CC1. The van der Waals surface area contributed by atoms with Crippen LogP contribution < -0.4 is 16.2 Å². The molecule has 1 aromatic heterocycles. The zero-order chi connectivity index (χ0) is 22.5. The predicted molar refractivity (Wildman–Crippen MR) is 120 cm³/mol. The molecule has 0 spiro atoms. The van der Waals surface area contributed by atoms with Gasteiger partial charge in [-0.1, -0.05) is 18.2 Å². The van der Waals surface area contributed by atoms with Crippen LogP contribution in [0.3, 0.4) is 0 Å². The van der Waals surface area contributed by atoms with E-state index in [2.05, 4.69) is 20.6 Å². The summed E-state index contributed by atoms with van der Waals surface area (Å²) < 4.78 is 13.3. The fraction of sp³-hybridized carbons (Fsp3) is 0.333. The molecule has 1 heterocycles. The molecule has 0 radical (unpaired) electrons. The third-order valence-electron chi connectivity index (χ3n) is 5.81. The van der Waals surface area contributed by atoms with Crippen molar-refractivity contribution in [3.8, 4) is 0 Å². The minimum Gasteiger partial charge on any atom is -0.353 e. The zero-order valence-corrected chi connectivity index (χ0v) is 17.6. The smallest absolute Gasteiger partial charge is 0.258 e. The predicted octanol–water partition coefficient (Wildman–Crippen LogP) is 3.31. The van der Waals surface area contributed by atoms with Crippen LogP contribution in [-0.2, 0) is 16.0 Å². The highest BCUT2D eigenvalue weighted by Gasteiger charge is 2.27. The van der Waals surface area contributed by atoms with Crippen LogP contribution in [0.2, 0.25) is 0 Å². The number of halogens is 1. The lowest BCUT2D eigenvalue weighted by Gasteiger charge is -2.28. The molecule has 0 bridgehead atoms. The van der Waals surface area contributed by atoms with Gasteiger partial charge >= 0.3 is 0 Å². The number of fused-ring (bicyclic) bond motifs is 1. The lowest BCUT2D eigenvalue weighted by molar-refractivity contribution is -0.122. The van der Waals surface area contributed by atoms with Crippen molar-refractivity contribution in [2.24, 2.45) is 5.92 Å². The Kier molecular flexibility index (Phi) is 6.58. The minimum atomic E-state index is -0.391. The Bertz CT molecular complexity index is 1190. The van der Waals surface area contributed by atoms with E-state index in [9.17, 15) is 18.8 Å². The standard InChI is InChI=1S/C24H25FN4O3/c25-16-4-3-5-18(14-16)27-23(31)15-8-10-17(11-9-15)26-22(30)13-12-21-28-20-7-2-1-6-19(20)24(32)29-21/h1-7,14-15,17H,8-13H2,(H,26,30)(H,27,31)(H,28,29,32)/t15-,17-. The molecule has 2 aromatic carbocycles. The van der Waals surface area contributed by atoms with Crippen molar-refractivity contribution in [2.75, 3.05) is 5.32 Å². The molecule has 0 aliphatic heterocycles. The molecule has 0 atom stereocenters. The number of carbonyl (C=O) groups is 2. The van der Waals surface area contributed by atoms with Gasteiger partial charge in [0.1, 0.15) is 11.6 Å². The number of carbonyl (C=O) groups excluding carboxylic acids is 2. The van der Waals surface area contributed by atoms with Gasteiger partial charge in [-0.15, -0.1) is 0 Å². The summed E-state index contributed by atoms with van der Waals surface area (Å²) in [6, 6.07) is 12.9. The lowest BCUT2D eigenvalue weighted by Crippen LogP contribution is -2.39. The molecule has 1 saturated carbocycles. The van der Waals surface area contributed by atoms with Crippen LogP contribution in [0.4, 0.5) is 10.1 Å². The van der Waals surface area contributed by atoms with Crippen LogP contribution in [0.25, 0.3) is 10.9 Å². The van der Waals surface area contributed by atoms with Gasteiger partial charge in [-0.2, -0.15) is 0 Å².